The quantitative estimate of drug-likeness (QED) is 0.191. The third-order valence-electron chi connectivity index (χ3n) is 9.08. The summed E-state index contributed by atoms with van der Waals surface area (Å²) in [7, 11) is 0. The zero-order chi connectivity index (χ0) is 29.7. The van der Waals surface area contributed by atoms with Crippen molar-refractivity contribution in [1.82, 2.24) is 0 Å². The Bertz CT molecular complexity index is 2450. The maximum absolute atomic E-state index is 6.60. The van der Waals surface area contributed by atoms with Crippen LogP contribution in [-0.2, 0) is 0 Å². The number of benzene rings is 8. The van der Waals surface area contributed by atoms with E-state index in [9.17, 15) is 0 Å². The molecule has 0 amide bonds. The fourth-order valence-electron chi connectivity index (χ4n) is 7.01. The van der Waals surface area contributed by atoms with Crippen molar-refractivity contribution >= 4 is 43.5 Å². The average Bonchev–Trinajstić information content (AvgIpc) is 3.49. The maximum atomic E-state index is 6.60. The molecule has 0 radical (unpaired) electrons. The molecule has 1 heterocycles. The van der Waals surface area contributed by atoms with Crippen LogP contribution in [0.2, 0.25) is 0 Å². The molecular formula is C44H28O. The van der Waals surface area contributed by atoms with E-state index in [0.29, 0.717) is 0 Å². The van der Waals surface area contributed by atoms with Gasteiger partial charge in [0.2, 0.25) is 0 Å². The van der Waals surface area contributed by atoms with E-state index < -0.39 is 0 Å². The van der Waals surface area contributed by atoms with Crippen LogP contribution in [0.25, 0.3) is 88.0 Å². The molecule has 9 aromatic rings. The van der Waals surface area contributed by atoms with Crippen LogP contribution in [0, 0.1) is 0 Å². The Balaban J connectivity index is 1.24. The van der Waals surface area contributed by atoms with Crippen LogP contribution in [-0.4, -0.2) is 0 Å². The van der Waals surface area contributed by atoms with Gasteiger partial charge in [-0.3, -0.25) is 0 Å². The summed E-state index contributed by atoms with van der Waals surface area (Å²) in [6.07, 6.45) is 0. The molecule has 0 aliphatic heterocycles. The fourth-order valence-corrected chi connectivity index (χ4v) is 7.01. The van der Waals surface area contributed by atoms with Crippen LogP contribution in [0.4, 0.5) is 0 Å². The highest BCUT2D eigenvalue weighted by atomic mass is 16.3. The van der Waals surface area contributed by atoms with Gasteiger partial charge >= 0.3 is 0 Å². The molecular weight excluding hydrogens is 544 g/mol. The van der Waals surface area contributed by atoms with Crippen LogP contribution in [0.15, 0.2) is 174 Å². The molecule has 0 unspecified atom stereocenters. The Morgan fingerprint density at radius 2 is 0.756 bits per heavy atom. The smallest absolute Gasteiger partial charge is 0.143 e. The highest BCUT2D eigenvalue weighted by molar-refractivity contribution is 6.22. The zero-order valence-electron chi connectivity index (χ0n) is 24.6. The number of rotatable bonds is 4. The number of para-hydroxylation sites is 1. The highest BCUT2D eigenvalue weighted by Crippen LogP contribution is 2.45. The standard InChI is InChI=1S/C44H28O/c1-3-12-29(13-4-1)30-22-24-31(25-23-30)34-20-11-21-39-40-28-33(26-27-41(40)45-44(34)39)43-37-18-9-7-16-35(37)42(32-14-5-2-6-15-32)36-17-8-10-19-38(36)43/h1-28H. The van der Waals surface area contributed by atoms with E-state index in [0.717, 1.165) is 33.1 Å². The summed E-state index contributed by atoms with van der Waals surface area (Å²) >= 11 is 0. The molecule has 1 heteroatoms. The summed E-state index contributed by atoms with van der Waals surface area (Å²) in [5.41, 5.74) is 11.5. The minimum absolute atomic E-state index is 0.900. The highest BCUT2D eigenvalue weighted by Gasteiger charge is 2.18. The summed E-state index contributed by atoms with van der Waals surface area (Å²) < 4.78 is 6.60. The van der Waals surface area contributed by atoms with Crippen LogP contribution >= 0.6 is 0 Å². The maximum Gasteiger partial charge on any atom is 0.143 e. The first-order valence-electron chi connectivity index (χ1n) is 15.4. The predicted molar refractivity (Wildman–Crippen MR) is 190 cm³/mol. The number of hydrogen-bond acceptors (Lipinski definition) is 1. The summed E-state index contributed by atoms with van der Waals surface area (Å²) in [5.74, 6) is 0. The van der Waals surface area contributed by atoms with Crippen LogP contribution in [0.3, 0.4) is 0 Å². The first-order valence-corrected chi connectivity index (χ1v) is 15.4. The topological polar surface area (TPSA) is 13.1 Å². The van der Waals surface area contributed by atoms with E-state index in [-0.39, 0.29) is 0 Å². The molecule has 0 saturated carbocycles. The van der Waals surface area contributed by atoms with Gasteiger partial charge in [0.15, 0.2) is 0 Å². The number of furan rings is 1. The zero-order valence-corrected chi connectivity index (χ0v) is 24.6. The van der Waals surface area contributed by atoms with Gasteiger partial charge in [0.05, 0.1) is 0 Å². The summed E-state index contributed by atoms with van der Waals surface area (Å²) in [5, 5.41) is 7.28. The third-order valence-corrected chi connectivity index (χ3v) is 9.08. The van der Waals surface area contributed by atoms with Gasteiger partial charge in [0.25, 0.3) is 0 Å². The van der Waals surface area contributed by atoms with Gasteiger partial charge in [-0.2, -0.15) is 0 Å². The Kier molecular flexibility index (Phi) is 5.89. The van der Waals surface area contributed by atoms with E-state index in [2.05, 4.69) is 170 Å². The molecule has 210 valence electrons. The van der Waals surface area contributed by atoms with Gasteiger partial charge in [-0.05, 0) is 72.6 Å². The van der Waals surface area contributed by atoms with Gasteiger partial charge in [-0.15, -0.1) is 0 Å². The second kappa shape index (κ2) is 10.4. The second-order valence-electron chi connectivity index (χ2n) is 11.6. The largest absolute Gasteiger partial charge is 0.455 e. The molecule has 0 bridgehead atoms. The lowest BCUT2D eigenvalue weighted by Crippen LogP contribution is -1.90. The lowest BCUT2D eigenvalue weighted by Gasteiger charge is -2.17. The molecule has 1 aromatic heterocycles. The normalized spacial score (nSPS) is 11.6. The molecule has 0 atom stereocenters. The van der Waals surface area contributed by atoms with Crippen molar-refractivity contribution in [3.8, 4) is 44.5 Å². The fraction of sp³-hybridized carbons (Fsp3) is 0. The van der Waals surface area contributed by atoms with Crippen molar-refractivity contribution in [2.24, 2.45) is 0 Å². The molecule has 45 heavy (non-hydrogen) atoms. The van der Waals surface area contributed by atoms with E-state index in [1.165, 1.54) is 54.9 Å². The predicted octanol–water partition coefficient (Wildman–Crippen LogP) is 12.6. The SMILES string of the molecule is c1ccc(-c2ccc(-c3cccc4c3oc3ccc(-c5c6ccccc6c(-c6ccccc6)c6ccccc56)cc34)cc2)cc1. The Labute approximate surface area is 261 Å². The van der Waals surface area contributed by atoms with Gasteiger partial charge in [-0.25, -0.2) is 0 Å². The monoisotopic (exact) mass is 572 g/mol. The summed E-state index contributed by atoms with van der Waals surface area (Å²) in [4.78, 5) is 0. The minimum Gasteiger partial charge on any atom is -0.455 e. The first-order chi connectivity index (χ1) is 22.3. The lowest BCUT2D eigenvalue weighted by molar-refractivity contribution is 0.670. The van der Waals surface area contributed by atoms with E-state index in [1.54, 1.807) is 0 Å². The van der Waals surface area contributed by atoms with Gasteiger partial charge in [-0.1, -0.05) is 158 Å². The number of fused-ring (bicyclic) bond motifs is 5. The van der Waals surface area contributed by atoms with Crippen molar-refractivity contribution in [2.75, 3.05) is 0 Å². The molecule has 0 aliphatic rings. The molecule has 1 nitrogen and oxygen atoms in total. The van der Waals surface area contributed by atoms with Crippen LogP contribution in [0.5, 0.6) is 0 Å². The lowest BCUT2D eigenvalue weighted by atomic mass is 9.86. The van der Waals surface area contributed by atoms with Crippen LogP contribution in [0.1, 0.15) is 0 Å². The molecule has 0 spiro atoms. The van der Waals surface area contributed by atoms with E-state index in [4.69, 9.17) is 4.42 Å². The third kappa shape index (κ3) is 4.17. The molecule has 0 aliphatic carbocycles. The van der Waals surface area contributed by atoms with Crippen molar-refractivity contribution in [2.45, 2.75) is 0 Å². The van der Waals surface area contributed by atoms with Gasteiger partial charge in [0, 0.05) is 16.3 Å². The van der Waals surface area contributed by atoms with Crippen LogP contribution < -0.4 is 0 Å². The molecule has 8 aromatic carbocycles. The Hall–Kier alpha value is -5.92. The van der Waals surface area contributed by atoms with Crippen molar-refractivity contribution in [3.05, 3.63) is 170 Å². The molecule has 0 fully saturated rings. The Morgan fingerprint density at radius 3 is 1.38 bits per heavy atom. The van der Waals surface area contributed by atoms with E-state index in [1.807, 2.05) is 0 Å². The summed E-state index contributed by atoms with van der Waals surface area (Å²) in [6, 6.07) is 60.8. The average molecular weight is 573 g/mol. The van der Waals surface area contributed by atoms with Crippen molar-refractivity contribution < 1.29 is 4.42 Å². The van der Waals surface area contributed by atoms with Gasteiger partial charge in [0.1, 0.15) is 11.2 Å². The molecule has 0 N–H and O–H groups in total. The van der Waals surface area contributed by atoms with Crippen molar-refractivity contribution in [1.29, 1.82) is 0 Å². The summed E-state index contributed by atoms with van der Waals surface area (Å²) in [6.45, 7) is 0. The number of hydrogen-bond donors (Lipinski definition) is 0. The molecule has 9 rings (SSSR count). The second-order valence-corrected chi connectivity index (χ2v) is 11.6. The molecule has 0 saturated heterocycles. The Morgan fingerprint density at radius 1 is 0.289 bits per heavy atom. The van der Waals surface area contributed by atoms with Gasteiger partial charge < -0.3 is 4.42 Å². The minimum atomic E-state index is 0.900. The van der Waals surface area contributed by atoms with E-state index >= 15 is 0 Å². The van der Waals surface area contributed by atoms with Crippen molar-refractivity contribution in [3.63, 3.8) is 0 Å². The first kappa shape index (κ1) is 25.6.